The Hall–Kier alpha value is -3.26. The minimum absolute atomic E-state index is 0.0406. The van der Waals surface area contributed by atoms with Gasteiger partial charge in [-0.15, -0.1) is 11.3 Å². The van der Waals surface area contributed by atoms with E-state index < -0.39 is 29.1 Å². The van der Waals surface area contributed by atoms with Crippen molar-refractivity contribution in [2.24, 2.45) is 0 Å². The van der Waals surface area contributed by atoms with E-state index in [1.165, 1.54) is 22.1 Å². The van der Waals surface area contributed by atoms with E-state index in [-0.39, 0.29) is 5.69 Å². The van der Waals surface area contributed by atoms with E-state index in [0.717, 1.165) is 10.4 Å². The molecular weight excluding hydrogens is 414 g/mol. The number of carbonyl (C=O) groups excluding carboxylic acids is 2. The van der Waals surface area contributed by atoms with Crippen molar-refractivity contribution in [1.82, 2.24) is 9.55 Å². The molecule has 0 saturated carbocycles. The van der Waals surface area contributed by atoms with Gasteiger partial charge in [0, 0.05) is 11.3 Å². The predicted octanol–water partition coefficient (Wildman–Crippen LogP) is 4.05. The Labute approximate surface area is 183 Å². The molecule has 8 heteroatoms. The first kappa shape index (κ1) is 21.0. The highest BCUT2D eigenvalue weighted by Gasteiger charge is 2.34. The monoisotopic (exact) mass is 437 g/mol. The summed E-state index contributed by atoms with van der Waals surface area (Å²) in [4.78, 5) is 44.1. The molecule has 4 rings (SSSR count). The van der Waals surface area contributed by atoms with Crippen LogP contribution in [0.15, 0.2) is 53.5 Å². The van der Waals surface area contributed by atoms with Gasteiger partial charge in [-0.2, -0.15) is 0 Å². The molecule has 3 aromatic rings. The average Bonchev–Trinajstić information content (AvgIpc) is 3.37. The summed E-state index contributed by atoms with van der Waals surface area (Å²) in [5.74, 6) is -0.343. The van der Waals surface area contributed by atoms with Crippen LogP contribution in [0.3, 0.4) is 0 Å². The van der Waals surface area contributed by atoms with E-state index >= 15 is 0 Å². The van der Waals surface area contributed by atoms with Gasteiger partial charge in [0.25, 0.3) is 11.5 Å². The number of rotatable bonds is 4. The van der Waals surface area contributed by atoms with Crippen LogP contribution in [0.2, 0.25) is 0 Å². The van der Waals surface area contributed by atoms with Gasteiger partial charge in [0.2, 0.25) is 0 Å². The van der Waals surface area contributed by atoms with Crippen LogP contribution in [0.5, 0.6) is 0 Å². The molecule has 7 nitrogen and oxygen atoms in total. The molecule has 160 valence electrons. The summed E-state index contributed by atoms with van der Waals surface area (Å²) < 4.78 is 6.80. The van der Waals surface area contributed by atoms with Gasteiger partial charge in [0.05, 0.1) is 11.1 Å². The van der Waals surface area contributed by atoms with Gasteiger partial charge in [0.15, 0.2) is 0 Å². The number of esters is 1. The molecule has 0 bridgehead atoms. The highest BCUT2D eigenvalue weighted by molar-refractivity contribution is 7.17. The van der Waals surface area contributed by atoms with Gasteiger partial charge in [-0.1, -0.05) is 30.3 Å². The Kier molecular flexibility index (Phi) is 5.49. The Morgan fingerprint density at radius 3 is 2.61 bits per heavy atom. The number of hydrogen-bond donors (Lipinski definition) is 1. The lowest BCUT2D eigenvalue weighted by Gasteiger charge is -2.23. The lowest BCUT2D eigenvalue weighted by atomic mass is 10.1. The van der Waals surface area contributed by atoms with Crippen LogP contribution in [0.1, 0.15) is 48.7 Å². The minimum atomic E-state index is -0.738. The van der Waals surface area contributed by atoms with E-state index in [1.54, 1.807) is 26.8 Å². The third-order valence-electron chi connectivity index (χ3n) is 4.84. The second-order valence-electron chi connectivity index (χ2n) is 8.34. The molecule has 0 unspecified atom stereocenters. The maximum absolute atomic E-state index is 13.0. The number of carbonyl (C=O) groups is 2. The Bertz CT molecular complexity index is 1190. The first-order valence-electron chi connectivity index (χ1n) is 10.0. The lowest BCUT2D eigenvalue weighted by molar-refractivity contribution is -0.158. The van der Waals surface area contributed by atoms with Crippen LogP contribution in [0, 0.1) is 0 Å². The third kappa shape index (κ3) is 4.44. The van der Waals surface area contributed by atoms with Gasteiger partial charge in [-0.3, -0.25) is 14.2 Å². The van der Waals surface area contributed by atoms with E-state index in [9.17, 15) is 14.4 Å². The second kappa shape index (κ2) is 8.11. The minimum Gasteiger partial charge on any atom is -0.458 e. The zero-order valence-electron chi connectivity index (χ0n) is 17.5. The summed E-state index contributed by atoms with van der Waals surface area (Å²) in [7, 11) is 0. The summed E-state index contributed by atoms with van der Waals surface area (Å²) in [6, 6.07) is 12.6. The predicted molar refractivity (Wildman–Crippen MR) is 119 cm³/mol. The summed E-state index contributed by atoms with van der Waals surface area (Å²) in [5, 5.41) is 2.65. The summed E-state index contributed by atoms with van der Waals surface area (Å²) in [6.07, 6.45) is 2.30. The first-order valence-corrected chi connectivity index (χ1v) is 10.8. The molecule has 0 spiro atoms. The van der Waals surface area contributed by atoms with Crippen molar-refractivity contribution >= 4 is 28.9 Å². The van der Waals surface area contributed by atoms with Crippen LogP contribution in [0.4, 0.5) is 5.69 Å². The van der Waals surface area contributed by atoms with Crippen molar-refractivity contribution in [3.63, 3.8) is 0 Å². The maximum atomic E-state index is 13.0. The molecule has 1 aliphatic heterocycles. The normalized spacial score (nSPS) is 15.4. The zero-order valence-corrected chi connectivity index (χ0v) is 18.4. The lowest BCUT2D eigenvalue weighted by Crippen LogP contribution is -2.35. The second-order valence-corrected chi connectivity index (χ2v) is 9.42. The van der Waals surface area contributed by atoms with Crippen molar-refractivity contribution in [3.05, 3.63) is 69.7 Å². The Morgan fingerprint density at radius 2 is 1.90 bits per heavy atom. The Morgan fingerprint density at radius 1 is 1.16 bits per heavy atom. The number of amides is 1. The molecule has 2 aromatic heterocycles. The molecule has 1 aromatic carbocycles. The smallest absolute Gasteiger partial charge is 0.329 e. The number of benzene rings is 1. The van der Waals surface area contributed by atoms with Gasteiger partial charge >= 0.3 is 5.97 Å². The number of nitrogens with zero attached hydrogens (tertiary/aromatic N) is 2. The van der Waals surface area contributed by atoms with E-state index in [4.69, 9.17) is 4.74 Å². The Balaban J connectivity index is 1.56. The zero-order chi connectivity index (χ0) is 22.2. The van der Waals surface area contributed by atoms with Gasteiger partial charge in [-0.05, 0) is 44.9 Å². The molecule has 1 N–H and O–H groups in total. The number of anilines is 1. The van der Waals surface area contributed by atoms with Crippen LogP contribution < -0.4 is 10.9 Å². The summed E-state index contributed by atoms with van der Waals surface area (Å²) >= 11 is 1.34. The fourth-order valence-electron chi connectivity index (χ4n) is 3.49. The molecule has 0 saturated heterocycles. The fourth-order valence-corrected chi connectivity index (χ4v) is 4.39. The molecule has 1 aliphatic rings. The van der Waals surface area contributed by atoms with Crippen molar-refractivity contribution in [2.45, 2.75) is 45.3 Å². The standard InChI is InChI=1S/C23H23N3O4S/c1-23(2,3)30-22(29)16-9-12-19-24-13-15(21(28)26(16)19)25-20(27)18-11-10-17(31-18)14-7-5-4-6-8-14/h4-8,10-11,13,16H,9,12H2,1-3H3,(H,25,27)/t16-/m0/s1. The number of thiophene rings is 1. The van der Waals surface area contributed by atoms with E-state index in [2.05, 4.69) is 10.3 Å². The van der Waals surface area contributed by atoms with E-state index in [0.29, 0.717) is 23.5 Å². The molecule has 0 radical (unpaired) electrons. The van der Waals surface area contributed by atoms with Crippen LogP contribution in [-0.4, -0.2) is 27.0 Å². The molecule has 31 heavy (non-hydrogen) atoms. The van der Waals surface area contributed by atoms with Crippen LogP contribution in [-0.2, 0) is 16.0 Å². The molecule has 0 aliphatic carbocycles. The molecule has 1 amide bonds. The van der Waals surface area contributed by atoms with Crippen molar-refractivity contribution in [1.29, 1.82) is 0 Å². The van der Waals surface area contributed by atoms with Crippen molar-refractivity contribution in [2.75, 3.05) is 5.32 Å². The number of aromatic nitrogens is 2. The van der Waals surface area contributed by atoms with Crippen molar-refractivity contribution < 1.29 is 14.3 Å². The van der Waals surface area contributed by atoms with Gasteiger partial charge in [-0.25, -0.2) is 9.78 Å². The number of nitrogens with one attached hydrogen (secondary N) is 1. The van der Waals surface area contributed by atoms with Crippen LogP contribution in [0.25, 0.3) is 10.4 Å². The third-order valence-corrected chi connectivity index (χ3v) is 5.97. The first-order chi connectivity index (χ1) is 14.7. The molecule has 0 fully saturated rings. The molecular formula is C23H23N3O4S. The number of ether oxygens (including phenoxy) is 1. The SMILES string of the molecule is CC(C)(C)OC(=O)[C@@H]1CCc2ncc(NC(=O)c3ccc(-c4ccccc4)s3)c(=O)n21. The highest BCUT2D eigenvalue weighted by Crippen LogP contribution is 2.29. The average molecular weight is 438 g/mol. The molecule has 3 heterocycles. The maximum Gasteiger partial charge on any atom is 0.329 e. The number of hydrogen-bond acceptors (Lipinski definition) is 6. The largest absolute Gasteiger partial charge is 0.458 e. The quantitative estimate of drug-likeness (QED) is 0.622. The van der Waals surface area contributed by atoms with Crippen molar-refractivity contribution in [3.8, 4) is 10.4 Å². The highest BCUT2D eigenvalue weighted by atomic mass is 32.1. The van der Waals surface area contributed by atoms with Gasteiger partial charge < -0.3 is 10.1 Å². The topological polar surface area (TPSA) is 90.3 Å². The number of aryl methyl sites for hydroxylation is 1. The fraction of sp³-hybridized carbons (Fsp3) is 0.304. The van der Waals surface area contributed by atoms with Crippen LogP contribution >= 0.6 is 11.3 Å². The van der Waals surface area contributed by atoms with Gasteiger partial charge in [0.1, 0.15) is 23.2 Å². The summed E-state index contributed by atoms with van der Waals surface area (Å²) in [6.45, 7) is 5.34. The van der Waals surface area contributed by atoms with E-state index in [1.807, 2.05) is 36.4 Å². The number of fused-ring (bicyclic) bond motifs is 1. The molecule has 1 atom stereocenters. The summed E-state index contributed by atoms with van der Waals surface area (Å²) in [5.41, 5.74) is -0.0466.